The number of fused-ring (bicyclic) bond motifs is 3. The SMILES string of the molecule is [2H]c1nc(-c2[c-]ccc3c2oc2ncccc23)c([2H])c([2H])c1[2H].[Ir].[c-]1ccccc1-c1ccccn1. The molecule has 0 aliphatic carbocycles. The number of hydrogen-bond acceptors (Lipinski definition) is 4. The minimum atomic E-state index is -0.364. The maximum atomic E-state index is 8.05. The monoisotopic (exact) mass is 596 g/mol. The van der Waals surface area contributed by atoms with E-state index in [0.717, 1.165) is 22.0 Å². The zero-order chi connectivity index (χ0) is 24.4. The van der Waals surface area contributed by atoms with Gasteiger partial charge in [0, 0.05) is 44.1 Å². The molecule has 0 aliphatic heterocycles. The first kappa shape index (κ1) is 17.0. The van der Waals surface area contributed by atoms with Crippen molar-refractivity contribution in [1.82, 2.24) is 15.0 Å². The van der Waals surface area contributed by atoms with Crippen LogP contribution in [0.25, 0.3) is 44.6 Å². The molecule has 6 rings (SSSR count). The van der Waals surface area contributed by atoms with Crippen LogP contribution >= 0.6 is 0 Å². The summed E-state index contributed by atoms with van der Waals surface area (Å²) < 4.78 is 36.9. The molecule has 0 atom stereocenters. The van der Waals surface area contributed by atoms with E-state index in [1.807, 2.05) is 54.6 Å². The van der Waals surface area contributed by atoms with Gasteiger partial charge in [-0.2, -0.15) is 0 Å². The van der Waals surface area contributed by atoms with Crippen molar-refractivity contribution in [3.8, 4) is 22.5 Å². The van der Waals surface area contributed by atoms with E-state index in [4.69, 9.17) is 9.90 Å². The summed E-state index contributed by atoms with van der Waals surface area (Å²) in [6.45, 7) is 0. The first-order valence-electron chi connectivity index (χ1n) is 11.6. The minimum absolute atomic E-state index is 0. The van der Waals surface area contributed by atoms with E-state index >= 15 is 0 Å². The maximum absolute atomic E-state index is 8.05. The molecular weight excluding hydrogens is 575 g/mol. The first-order valence-corrected chi connectivity index (χ1v) is 9.55. The zero-order valence-electron chi connectivity index (χ0n) is 20.6. The van der Waals surface area contributed by atoms with Crippen LogP contribution in [0.3, 0.4) is 0 Å². The Morgan fingerprint density at radius 2 is 1.66 bits per heavy atom. The number of hydrogen-bond donors (Lipinski definition) is 0. The summed E-state index contributed by atoms with van der Waals surface area (Å²) in [6, 6.07) is 26.1. The van der Waals surface area contributed by atoms with Crippen LogP contribution in [0.1, 0.15) is 5.48 Å². The number of benzene rings is 2. The van der Waals surface area contributed by atoms with Crippen LogP contribution in [-0.4, -0.2) is 15.0 Å². The molecule has 0 saturated heterocycles. The van der Waals surface area contributed by atoms with Crippen molar-refractivity contribution in [1.29, 1.82) is 0 Å². The quantitative estimate of drug-likeness (QED) is 0.218. The zero-order valence-corrected chi connectivity index (χ0v) is 19.0. The van der Waals surface area contributed by atoms with Crippen LogP contribution in [-0.2, 0) is 20.1 Å². The van der Waals surface area contributed by atoms with Gasteiger partial charge in [-0.3, -0.25) is 0 Å². The molecule has 0 spiro atoms. The molecule has 157 valence electrons. The standard InChI is InChI=1S/C16H9N2O.C11H8N.Ir/c1-2-9-17-14(8-1)13-6-3-5-11-12-7-4-10-18-16(12)19-15(11)13;1-2-6-10(7-3-1)11-8-4-5-9-12-11;/h1-5,7-10H;1-6,8-9H;/q2*-1;/i1D,2D,8D,9D;;. The molecule has 1 radical (unpaired) electrons. The van der Waals surface area contributed by atoms with Crippen LogP contribution < -0.4 is 0 Å². The molecule has 0 fully saturated rings. The molecule has 0 bridgehead atoms. The van der Waals surface area contributed by atoms with Crippen molar-refractivity contribution in [2.24, 2.45) is 0 Å². The third-order valence-corrected chi connectivity index (χ3v) is 4.56. The number of aromatic nitrogens is 3. The maximum Gasteiger partial charge on any atom is 0.216 e. The average Bonchev–Trinajstić information content (AvgIpc) is 3.30. The number of furan rings is 1. The Hall–Kier alpha value is -3.66. The fourth-order valence-electron chi connectivity index (χ4n) is 3.18. The molecule has 0 N–H and O–H groups in total. The predicted octanol–water partition coefficient (Wildman–Crippen LogP) is 6.39. The Labute approximate surface area is 205 Å². The second kappa shape index (κ2) is 10.1. The summed E-state index contributed by atoms with van der Waals surface area (Å²) >= 11 is 0. The third-order valence-electron chi connectivity index (χ3n) is 4.56. The van der Waals surface area contributed by atoms with Crippen LogP contribution in [0, 0.1) is 12.1 Å². The van der Waals surface area contributed by atoms with Crippen LogP contribution in [0.4, 0.5) is 0 Å². The molecule has 6 aromatic rings. The van der Waals surface area contributed by atoms with Gasteiger partial charge in [0.2, 0.25) is 5.71 Å². The second-order valence-electron chi connectivity index (χ2n) is 6.49. The molecule has 4 nitrogen and oxygen atoms in total. The van der Waals surface area contributed by atoms with Crippen LogP contribution in [0.5, 0.6) is 0 Å². The Morgan fingerprint density at radius 1 is 0.750 bits per heavy atom. The third kappa shape index (κ3) is 4.49. The van der Waals surface area contributed by atoms with Gasteiger partial charge in [0.15, 0.2) is 0 Å². The first-order chi connectivity index (χ1) is 17.0. The van der Waals surface area contributed by atoms with Gasteiger partial charge >= 0.3 is 0 Å². The predicted molar refractivity (Wildman–Crippen MR) is 122 cm³/mol. The van der Waals surface area contributed by atoms with E-state index in [-0.39, 0.29) is 50.1 Å². The van der Waals surface area contributed by atoms with Gasteiger partial charge in [0.05, 0.1) is 11.1 Å². The molecule has 4 heterocycles. The summed E-state index contributed by atoms with van der Waals surface area (Å²) in [7, 11) is 0. The van der Waals surface area contributed by atoms with Crippen molar-refractivity contribution in [3.05, 3.63) is 116 Å². The molecule has 2 aromatic carbocycles. The molecule has 0 saturated carbocycles. The Morgan fingerprint density at radius 3 is 2.50 bits per heavy atom. The summed E-state index contributed by atoms with van der Waals surface area (Å²) in [6.07, 6.45) is 3.07. The van der Waals surface area contributed by atoms with Gasteiger partial charge in [-0.15, -0.1) is 54.1 Å². The molecular formula is C27H17IrN3O-2. The normalized spacial score (nSPS) is 12.0. The number of rotatable bonds is 2. The topological polar surface area (TPSA) is 51.8 Å². The van der Waals surface area contributed by atoms with E-state index in [0.29, 0.717) is 16.9 Å². The number of nitrogens with zero attached hydrogens (tertiary/aromatic N) is 3. The van der Waals surface area contributed by atoms with E-state index < -0.39 is 0 Å². The van der Waals surface area contributed by atoms with E-state index in [9.17, 15) is 0 Å². The summed E-state index contributed by atoms with van der Waals surface area (Å²) in [5, 5.41) is 1.63. The van der Waals surface area contributed by atoms with Gasteiger partial charge in [0.1, 0.15) is 0 Å². The van der Waals surface area contributed by atoms with Crippen molar-refractivity contribution in [2.75, 3.05) is 0 Å². The largest absolute Gasteiger partial charge is 0.486 e. The fourth-order valence-corrected chi connectivity index (χ4v) is 3.18. The molecule has 0 unspecified atom stereocenters. The van der Waals surface area contributed by atoms with E-state index in [1.165, 1.54) is 0 Å². The second-order valence-corrected chi connectivity index (χ2v) is 6.49. The Bertz CT molecular complexity index is 1610. The van der Waals surface area contributed by atoms with Gasteiger partial charge < -0.3 is 14.4 Å². The smallest absolute Gasteiger partial charge is 0.216 e. The van der Waals surface area contributed by atoms with Gasteiger partial charge in [0.25, 0.3) is 0 Å². The van der Waals surface area contributed by atoms with Crippen molar-refractivity contribution in [3.63, 3.8) is 0 Å². The molecule has 5 heteroatoms. The van der Waals surface area contributed by atoms with Gasteiger partial charge in [-0.05, 0) is 35.6 Å². The van der Waals surface area contributed by atoms with Gasteiger partial charge in [-0.1, -0.05) is 35.2 Å². The van der Waals surface area contributed by atoms with E-state index in [1.54, 1.807) is 24.5 Å². The molecule has 0 aliphatic rings. The van der Waals surface area contributed by atoms with Crippen molar-refractivity contribution in [2.45, 2.75) is 0 Å². The summed E-state index contributed by atoms with van der Waals surface area (Å²) in [4.78, 5) is 12.4. The fraction of sp³-hybridized carbons (Fsp3) is 0. The summed E-state index contributed by atoms with van der Waals surface area (Å²) in [5.74, 6) is 0. The van der Waals surface area contributed by atoms with Crippen LogP contribution in [0.2, 0.25) is 0 Å². The Balaban J connectivity index is 0.000000198. The molecule has 0 amide bonds. The number of pyridine rings is 3. The van der Waals surface area contributed by atoms with Crippen molar-refractivity contribution >= 4 is 22.1 Å². The average molecular weight is 596 g/mol. The van der Waals surface area contributed by atoms with Crippen LogP contribution in [0.15, 0.2) is 108 Å². The van der Waals surface area contributed by atoms with Gasteiger partial charge in [-0.25, -0.2) is 4.98 Å². The Kier molecular flexibility index (Phi) is 5.35. The molecule has 4 aromatic heterocycles. The molecule has 32 heavy (non-hydrogen) atoms. The van der Waals surface area contributed by atoms with Crippen molar-refractivity contribution < 1.29 is 30.0 Å². The summed E-state index contributed by atoms with van der Waals surface area (Å²) in [5.41, 5.74) is 3.44. The van der Waals surface area contributed by atoms with E-state index in [2.05, 4.69) is 27.1 Å². The minimum Gasteiger partial charge on any atom is -0.486 e.